The van der Waals surface area contributed by atoms with Crippen LogP contribution in [0.25, 0.3) is 0 Å². The molecule has 0 amide bonds. The van der Waals surface area contributed by atoms with Crippen molar-refractivity contribution in [2.45, 2.75) is 13.5 Å². The molecule has 0 saturated carbocycles. The number of aryl methyl sites for hydroxylation is 1. The van der Waals surface area contributed by atoms with Gasteiger partial charge in [0.05, 0.1) is 0 Å². The van der Waals surface area contributed by atoms with Gasteiger partial charge in [0.15, 0.2) is 0 Å². The lowest BCUT2D eigenvalue weighted by Crippen LogP contribution is -2.00. The van der Waals surface area contributed by atoms with Crippen LogP contribution in [0.2, 0.25) is 0 Å². The fourth-order valence-electron chi connectivity index (χ4n) is 1.38. The number of halogens is 1. The molecule has 1 aromatic carbocycles. The van der Waals surface area contributed by atoms with E-state index in [1.54, 1.807) is 0 Å². The van der Waals surface area contributed by atoms with Gasteiger partial charge in [0.2, 0.25) is 0 Å². The summed E-state index contributed by atoms with van der Waals surface area (Å²) in [6, 6.07) is 6.19. The van der Waals surface area contributed by atoms with Crippen LogP contribution < -0.4 is 5.32 Å². The van der Waals surface area contributed by atoms with Crippen molar-refractivity contribution < 1.29 is 0 Å². The number of hydrogen-bond donors (Lipinski definition) is 1. The van der Waals surface area contributed by atoms with Gasteiger partial charge in [0, 0.05) is 34.7 Å². The monoisotopic (exact) mass is 277 g/mol. The summed E-state index contributed by atoms with van der Waals surface area (Å²) in [6.45, 7) is 2.81. The Balaban J connectivity index is 2.03. The molecule has 2 aromatic rings. The number of hydrogen-bond acceptors (Lipinski definition) is 3. The van der Waals surface area contributed by atoms with Gasteiger partial charge in [-0.15, -0.1) is 0 Å². The lowest BCUT2D eigenvalue weighted by molar-refractivity contribution is 1.05. The molecule has 0 unspecified atom stereocenters. The van der Waals surface area contributed by atoms with Crippen LogP contribution in [0.1, 0.15) is 11.1 Å². The van der Waals surface area contributed by atoms with E-state index in [2.05, 4.69) is 44.2 Å². The third kappa shape index (κ3) is 2.79. The van der Waals surface area contributed by atoms with E-state index in [1.807, 2.05) is 24.5 Å². The zero-order valence-electron chi connectivity index (χ0n) is 8.94. The molecule has 0 aliphatic rings. The Labute approximate surface area is 103 Å². The molecule has 1 heterocycles. The Bertz CT molecular complexity index is 471. The second kappa shape index (κ2) is 5.07. The van der Waals surface area contributed by atoms with Crippen molar-refractivity contribution >= 4 is 21.6 Å². The normalized spacial score (nSPS) is 10.1. The summed E-state index contributed by atoms with van der Waals surface area (Å²) in [5.41, 5.74) is 3.39. The number of anilines is 1. The van der Waals surface area contributed by atoms with Crippen molar-refractivity contribution in [3.63, 3.8) is 0 Å². The van der Waals surface area contributed by atoms with Gasteiger partial charge < -0.3 is 5.32 Å². The zero-order chi connectivity index (χ0) is 11.4. The van der Waals surface area contributed by atoms with Crippen LogP contribution in [0.5, 0.6) is 0 Å². The maximum Gasteiger partial charge on any atom is 0.115 e. The van der Waals surface area contributed by atoms with E-state index in [4.69, 9.17) is 0 Å². The first-order valence-electron chi connectivity index (χ1n) is 4.99. The average molecular weight is 278 g/mol. The minimum absolute atomic E-state index is 0.738. The fourth-order valence-corrected chi connectivity index (χ4v) is 1.63. The molecule has 1 aromatic heterocycles. The smallest absolute Gasteiger partial charge is 0.115 e. The quantitative estimate of drug-likeness (QED) is 0.937. The molecule has 2 rings (SSSR count). The number of nitrogens with one attached hydrogen (secondary N) is 1. The van der Waals surface area contributed by atoms with E-state index in [0.717, 1.165) is 22.3 Å². The van der Waals surface area contributed by atoms with Gasteiger partial charge >= 0.3 is 0 Å². The van der Waals surface area contributed by atoms with Gasteiger partial charge in [-0.3, -0.25) is 0 Å². The summed E-state index contributed by atoms with van der Waals surface area (Å²) in [4.78, 5) is 7.94. The Morgan fingerprint density at radius 3 is 2.69 bits per heavy atom. The first-order chi connectivity index (χ1) is 7.75. The molecule has 82 valence electrons. The maximum absolute atomic E-state index is 3.97. The first kappa shape index (κ1) is 11.1. The predicted octanol–water partition coefficient (Wildman–Crippen LogP) is 3.16. The number of benzene rings is 1. The van der Waals surface area contributed by atoms with Crippen LogP contribution in [0, 0.1) is 6.92 Å². The molecular formula is C12H12BrN3. The maximum atomic E-state index is 3.97. The van der Waals surface area contributed by atoms with Crippen molar-refractivity contribution in [3.05, 3.63) is 52.5 Å². The lowest BCUT2D eigenvalue weighted by Gasteiger charge is -2.07. The fraction of sp³-hybridized carbons (Fsp3) is 0.167. The molecule has 0 aliphatic heterocycles. The van der Waals surface area contributed by atoms with E-state index in [-0.39, 0.29) is 0 Å². The molecule has 0 fully saturated rings. The van der Waals surface area contributed by atoms with Crippen LogP contribution in [0.15, 0.2) is 41.4 Å². The van der Waals surface area contributed by atoms with Crippen LogP contribution >= 0.6 is 15.9 Å². The predicted molar refractivity (Wildman–Crippen MR) is 68.2 cm³/mol. The highest BCUT2D eigenvalue weighted by Gasteiger charge is 1.97. The van der Waals surface area contributed by atoms with Gasteiger partial charge in [0.1, 0.15) is 6.33 Å². The molecule has 0 saturated heterocycles. The second-order valence-corrected chi connectivity index (χ2v) is 4.42. The van der Waals surface area contributed by atoms with Crippen molar-refractivity contribution in [1.29, 1.82) is 0 Å². The topological polar surface area (TPSA) is 37.8 Å². The minimum Gasteiger partial charge on any atom is -0.381 e. The van der Waals surface area contributed by atoms with Crippen molar-refractivity contribution in [2.24, 2.45) is 0 Å². The van der Waals surface area contributed by atoms with E-state index in [9.17, 15) is 0 Å². The minimum atomic E-state index is 0.738. The van der Waals surface area contributed by atoms with Gasteiger partial charge in [-0.1, -0.05) is 15.9 Å². The van der Waals surface area contributed by atoms with Crippen molar-refractivity contribution in [1.82, 2.24) is 9.97 Å². The molecule has 16 heavy (non-hydrogen) atoms. The summed E-state index contributed by atoms with van der Waals surface area (Å²) in [5, 5.41) is 3.33. The third-order valence-corrected chi connectivity index (χ3v) is 3.16. The molecule has 3 nitrogen and oxygen atoms in total. The van der Waals surface area contributed by atoms with Crippen LogP contribution in [0.4, 0.5) is 5.69 Å². The lowest BCUT2D eigenvalue weighted by atomic mass is 10.2. The Morgan fingerprint density at radius 1 is 1.25 bits per heavy atom. The van der Waals surface area contributed by atoms with Gasteiger partial charge in [0.25, 0.3) is 0 Å². The van der Waals surface area contributed by atoms with Crippen LogP contribution in [-0.4, -0.2) is 9.97 Å². The first-order valence-corrected chi connectivity index (χ1v) is 5.79. The van der Waals surface area contributed by atoms with Crippen molar-refractivity contribution in [2.75, 3.05) is 5.32 Å². The standard InChI is InChI=1S/C12H12BrN3/c1-9-4-11(2-3-12(9)13)16-7-10-5-14-8-15-6-10/h2-6,8,16H,7H2,1H3. The Kier molecular flexibility index (Phi) is 3.51. The summed E-state index contributed by atoms with van der Waals surface area (Å²) in [7, 11) is 0. The largest absolute Gasteiger partial charge is 0.381 e. The van der Waals surface area contributed by atoms with Gasteiger partial charge in [-0.05, 0) is 30.7 Å². The molecular weight excluding hydrogens is 266 g/mol. The number of aromatic nitrogens is 2. The molecule has 0 aliphatic carbocycles. The molecule has 0 atom stereocenters. The van der Waals surface area contributed by atoms with Crippen molar-refractivity contribution in [3.8, 4) is 0 Å². The van der Waals surface area contributed by atoms with Gasteiger partial charge in [-0.25, -0.2) is 9.97 Å². The molecule has 0 radical (unpaired) electrons. The molecule has 1 N–H and O–H groups in total. The van der Waals surface area contributed by atoms with Crippen LogP contribution in [0.3, 0.4) is 0 Å². The summed E-state index contributed by atoms with van der Waals surface area (Å²) in [6.07, 6.45) is 5.16. The van der Waals surface area contributed by atoms with Gasteiger partial charge in [-0.2, -0.15) is 0 Å². The number of nitrogens with zero attached hydrogens (tertiary/aromatic N) is 2. The second-order valence-electron chi connectivity index (χ2n) is 3.56. The Hall–Kier alpha value is -1.42. The van der Waals surface area contributed by atoms with Crippen LogP contribution in [-0.2, 0) is 6.54 Å². The molecule has 0 spiro atoms. The summed E-state index contributed by atoms with van der Waals surface area (Å²) >= 11 is 3.48. The highest BCUT2D eigenvalue weighted by atomic mass is 79.9. The number of rotatable bonds is 3. The third-order valence-electron chi connectivity index (χ3n) is 2.27. The average Bonchev–Trinajstić information content (AvgIpc) is 2.32. The summed E-state index contributed by atoms with van der Waals surface area (Å²) < 4.78 is 1.13. The van der Waals surface area contributed by atoms with E-state index in [0.29, 0.717) is 0 Å². The zero-order valence-corrected chi connectivity index (χ0v) is 10.5. The highest BCUT2D eigenvalue weighted by Crippen LogP contribution is 2.20. The Morgan fingerprint density at radius 2 is 2.00 bits per heavy atom. The SMILES string of the molecule is Cc1cc(NCc2cncnc2)ccc1Br. The summed E-state index contributed by atoms with van der Waals surface area (Å²) in [5.74, 6) is 0. The highest BCUT2D eigenvalue weighted by molar-refractivity contribution is 9.10. The molecule has 0 bridgehead atoms. The van der Waals surface area contributed by atoms with E-state index < -0.39 is 0 Å². The van der Waals surface area contributed by atoms with E-state index >= 15 is 0 Å². The van der Waals surface area contributed by atoms with E-state index in [1.165, 1.54) is 11.9 Å². The molecule has 4 heteroatoms.